The number of likely N-dealkylation sites (tertiary alicyclic amines) is 1. The number of carbonyl (C=O) groups is 2. The van der Waals surface area contributed by atoms with Crippen LogP contribution in [0.15, 0.2) is 30.3 Å². The van der Waals surface area contributed by atoms with Crippen LogP contribution in [0.25, 0.3) is 0 Å². The van der Waals surface area contributed by atoms with E-state index in [1.807, 2.05) is 49.3 Å². The highest BCUT2D eigenvalue weighted by molar-refractivity contribution is 5.89. The molecule has 2 rings (SSSR count). The summed E-state index contributed by atoms with van der Waals surface area (Å²) in [6.45, 7) is 5.18. The molecule has 0 radical (unpaired) electrons. The van der Waals surface area contributed by atoms with E-state index in [9.17, 15) is 9.59 Å². The Morgan fingerprint density at radius 1 is 1.12 bits per heavy atom. The maximum atomic E-state index is 13.5. The van der Waals surface area contributed by atoms with Crippen LogP contribution in [-0.4, -0.2) is 66.8 Å². The average molecular weight is 360 g/mol. The van der Waals surface area contributed by atoms with E-state index >= 15 is 0 Å². The molecule has 1 heterocycles. The predicted octanol–water partition coefficient (Wildman–Crippen LogP) is 2.93. The highest BCUT2D eigenvalue weighted by Crippen LogP contribution is 2.27. The first kappa shape index (κ1) is 20.4. The molecule has 1 aliphatic heterocycles. The Bertz CT molecular complexity index is 574. The minimum absolute atomic E-state index is 0.0621. The summed E-state index contributed by atoms with van der Waals surface area (Å²) in [7, 11) is 4.09. The molecule has 1 aromatic carbocycles. The summed E-state index contributed by atoms with van der Waals surface area (Å²) in [4.78, 5) is 31.9. The van der Waals surface area contributed by atoms with Crippen LogP contribution in [0.5, 0.6) is 0 Å². The van der Waals surface area contributed by atoms with Gasteiger partial charge in [0.05, 0.1) is 0 Å². The van der Waals surface area contributed by atoms with E-state index < -0.39 is 6.04 Å². The van der Waals surface area contributed by atoms with Crippen molar-refractivity contribution in [2.45, 2.75) is 45.1 Å². The molecule has 0 aromatic heterocycles. The summed E-state index contributed by atoms with van der Waals surface area (Å²) < 4.78 is 0. The fraction of sp³-hybridized carbons (Fsp3) is 0.619. The summed E-state index contributed by atoms with van der Waals surface area (Å²) in [6, 6.07) is 9.28. The molecule has 0 unspecified atom stereocenters. The quantitative estimate of drug-likeness (QED) is 0.681. The minimum atomic E-state index is -0.491. The lowest BCUT2D eigenvalue weighted by molar-refractivity contribution is -0.148. The highest BCUT2D eigenvalue weighted by Gasteiger charge is 2.34. The van der Waals surface area contributed by atoms with Crippen LogP contribution in [-0.2, 0) is 9.59 Å². The number of piperidine rings is 1. The Morgan fingerprint density at radius 2 is 1.85 bits per heavy atom. The van der Waals surface area contributed by atoms with Gasteiger partial charge in [-0.1, -0.05) is 37.3 Å². The fourth-order valence-electron chi connectivity index (χ4n) is 3.54. The van der Waals surface area contributed by atoms with Crippen LogP contribution in [0.1, 0.15) is 50.6 Å². The largest absolute Gasteiger partial charge is 0.341 e. The van der Waals surface area contributed by atoms with E-state index in [0.717, 1.165) is 50.9 Å². The number of carbonyl (C=O) groups excluding carboxylic acids is 2. The molecule has 1 atom stereocenters. The molecule has 1 saturated heterocycles. The molecule has 0 saturated carbocycles. The third-order valence-corrected chi connectivity index (χ3v) is 4.86. The van der Waals surface area contributed by atoms with Crippen molar-refractivity contribution in [2.24, 2.45) is 0 Å². The second-order valence-electron chi connectivity index (χ2n) is 7.34. The number of hydrogen-bond acceptors (Lipinski definition) is 3. The summed E-state index contributed by atoms with van der Waals surface area (Å²) >= 11 is 0. The number of amides is 2. The van der Waals surface area contributed by atoms with Gasteiger partial charge in [0.2, 0.25) is 11.8 Å². The third kappa shape index (κ3) is 5.56. The Hall–Kier alpha value is -1.88. The lowest BCUT2D eigenvalue weighted by atomic mass is 9.99. The zero-order valence-corrected chi connectivity index (χ0v) is 16.5. The van der Waals surface area contributed by atoms with Crippen LogP contribution in [0.3, 0.4) is 0 Å². The van der Waals surface area contributed by atoms with Gasteiger partial charge in [0, 0.05) is 26.1 Å². The molecule has 0 N–H and O–H groups in total. The summed E-state index contributed by atoms with van der Waals surface area (Å²) in [5.41, 5.74) is 0.918. The van der Waals surface area contributed by atoms with Crippen LogP contribution < -0.4 is 0 Å². The van der Waals surface area contributed by atoms with Gasteiger partial charge in [0.15, 0.2) is 0 Å². The van der Waals surface area contributed by atoms with Gasteiger partial charge in [-0.25, -0.2) is 0 Å². The monoisotopic (exact) mass is 359 g/mol. The van der Waals surface area contributed by atoms with Gasteiger partial charge in [-0.2, -0.15) is 0 Å². The Kier molecular flexibility index (Phi) is 8.10. The van der Waals surface area contributed by atoms with E-state index in [1.54, 1.807) is 4.90 Å². The molecule has 0 bridgehead atoms. The third-order valence-electron chi connectivity index (χ3n) is 4.86. The van der Waals surface area contributed by atoms with E-state index in [-0.39, 0.29) is 11.8 Å². The SMILES string of the molecule is CCCN(CCCN(C)C)C(=O)[C@H](c1ccccc1)N1CCCCC1=O. The molecule has 0 aliphatic carbocycles. The van der Waals surface area contributed by atoms with Crippen molar-refractivity contribution in [3.63, 3.8) is 0 Å². The number of nitrogens with zero attached hydrogens (tertiary/aromatic N) is 3. The number of hydrogen-bond donors (Lipinski definition) is 0. The van der Waals surface area contributed by atoms with Crippen molar-refractivity contribution in [1.29, 1.82) is 0 Å². The van der Waals surface area contributed by atoms with E-state index in [2.05, 4.69) is 11.8 Å². The first-order valence-electron chi connectivity index (χ1n) is 9.82. The maximum absolute atomic E-state index is 13.5. The second-order valence-corrected chi connectivity index (χ2v) is 7.34. The summed E-state index contributed by atoms with van der Waals surface area (Å²) in [6.07, 6.45) is 4.30. The van der Waals surface area contributed by atoms with Crippen molar-refractivity contribution in [2.75, 3.05) is 40.3 Å². The molecule has 1 fully saturated rings. The van der Waals surface area contributed by atoms with Gasteiger partial charge < -0.3 is 14.7 Å². The van der Waals surface area contributed by atoms with Crippen LogP contribution in [0.2, 0.25) is 0 Å². The molecule has 26 heavy (non-hydrogen) atoms. The molecule has 5 nitrogen and oxygen atoms in total. The standard InChI is InChI=1S/C21H33N3O2/c1-4-14-23(16-10-15-22(2)3)21(26)20(18-11-6-5-7-12-18)24-17-9-8-13-19(24)25/h5-7,11-12,20H,4,8-10,13-17H2,1-3H3/t20-/m0/s1. The van der Waals surface area contributed by atoms with Crippen molar-refractivity contribution in [3.05, 3.63) is 35.9 Å². The first-order valence-corrected chi connectivity index (χ1v) is 9.82. The Balaban J connectivity index is 2.23. The molecular weight excluding hydrogens is 326 g/mol. The van der Waals surface area contributed by atoms with Crippen LogP contribution >= 0.6 is 0 Å². The van der Waals surface area contributed by atoms with E-state index in [0.29, 0.717) is 13.0 Å². The average Bonchev–Trinajstić information content (AvgIpc) is 2.63. The van der Waals surface area contributed by atoms with Crippen molar-refractivity contribution < 1.29 is 9.59 Å². The lowest BCUT2D eigenvalue weighted by Crippen LogP contribution is -2.47. The zero-order valence-electron chi connectivity index (χ0n) is 16.5. The molecular formula is C21H33N3O2. The molecule has 1 aliphatic rings. The maximum Gasteiger partial charge on any atom is 0.250 e. The van der Waals surface area contributed by atoms with Gasteiger partial charge in [-0.05, 0) is 51.9 Å². The predicted molar refractivity (Wildman–Crippen MR) is 105 cm³/mol. The zero-order chi connectivity index (χ0) is 18.9. The van der Waals surface area contributed by atoms with Crippen LogP contribution in [0.4, 0.5) is 0 Å². The van der Waals surface area contributed by atoms with Gasteiger partial charge in [0.1, 0.15) is 6.04 Å². The topological polar surface area (TPSA) is 43.9 Å². The summed E-state index contributed by atoms with van der Waals surface area (Å²) in [5.74, 6) is 0.162. The Morgan fingerprint density at radius 3 is 2.46 bits per heavy atom. The van der Waals surface area contributed by atoms with Crippen molar-refractivity contribution in [1.82, 2.24) is 14.7 Å². The minimum Gasteiger partial charge on any atom is -0.341 e. The van der Waals surface area contributed by atoms with Crippen molar-refractivity contribution >= 4 is 11.8 Å². The number of rotatable bonds is 9. The van der Waals surface area contributed by atoms with Crippen LogP contribution in [0, 0.1) is 0 Å². The molecule has 144 valence electrons. The van der Waals surface area contributed by atoms with E-state index in [4.69, 9.17) is 0 Å². The fourth-order valence-corrected chi connectivity index (χ4v) is 3.54. The molecule has 0 spiro atoms. The lowest BCUT2D eigenvalue weighted by Gasteiger charge is -2.37. The normalized spacial score (nSPS) is 16.0. The Labute approximate surface area is 158 Å². The smallest absolute Gasteiger partial charge is 0.250 e. The summed E-state index contributed by atoms with van der Waals surface area (Å²) in [5, 5.41) is 0. The first-order chi connectivity index (χ1) is 12.5. The van der Waals surface area contributed by atoms with E-state index in [1.165, 1.54) is 0 Å². The van der Waals surface area contributed by atoms with Gasteiger partial charge >= 0.3 is 0 Å². The highest BCUT2D eigenvalue weighted by atomic mass is 16.2. The van der Waals surface area contributed by atoms with Crippen molar-refractivity contribution in [3.8, 4) is 0 Å². The number of benzene rings is 1. The van der Waals surface area contributed by atoms with Gasteiger partial charge in [-0.3, -0.25) is 9.59 Å². The van der Waals surface area contributed by atoms with Gasteiger partial charge in [0.25, 0.3) is 0 Å². The second kappa shape index (κ2) is 10.3. The molecule has 2 amide bonds. The van der Waals surface area contributed by atoms with Gasteiger partial charge in [-0.15, -0.1) is 0 Å². The molecule has 5 heteroatoms. The molecule has 1 aromatic rings.